The Hall–Kier alpha value is -1.00. The highest BCUT2D eigenvalue weighted by Crippen LogP contribution is 2.09. The third-order valence-electron chi connectivity index (χ3n) is 2.98. The normalized spacial score (nSPS) is 11.2. The van der Waals surface area contributed by atoms with Crippen molar-refractivity contribution < 1.29 is 8.78 Å². The van der Waals surface area contributed by atoms with E-state index in [0.29, 0.717) is 0 Å². The number of halogens is 2. The number of hydrogen-bond donors (Lipinski definition) is 1. The van der Waals surface area contributed by atoms with Crippen molar-refractivity contribution in [2.75, 3.05) is 33.7 Å². The summed E-state index contributed by atoms with van der Waals surface area (Å²) >= 11 is 0. The lowest BCUT2D eigenvalue weighted by Gasteiger charge is -2.16. The van der Waals surface area contributed by atoms with Crippen LogP contribution in [-0.4, -0.2) is 38.6 Å². The summed E-state index contributed by atoms with van der Waals surface area (Å²) in [6.07, 6.45) is 3.06. The Labute approximate surface area is 108 Å². The molecular weight excluding hydrogens is 234 g/mol. The summed E-state index contributed by atoms with van der Waals surface area (Å²) in [6.45, 7) is 2.94. The Morgan fingerprint density at radius 2 is 1.89 bits per heavy atom. The molecule has 0 atom stereocenters. The van der Waals surface area contributed by atoms with Gasteiger partial charge in [-0.1, -0.05) is 6.07 Å². The molecule has 1 rings (SSSR count). The second-order valence-electron chi connectivity index (χ2n) is 4.61. The van der Waals surface area contributed by atoms with E-state index in [1.807, 2.05) is 7.05 Å². The van der Waals surface area contributed by atoms with Gasteiger partial charge in [-0.3, -0.25) is 0 Å². The maximum absolute atomic E-state index is 13.0. The number of benzene rings is 1. The summed E-state index contributed by atoms with van der Waals surface area (Å²) < 4.78 is 25.7. The van der Waals surface area contributed by atoms with E-state index < -0.39 is 11.6 Å². The van der Waals surface area contributed by atoms with Crippen molar-refractivity contribution in [3.63, 3.8) is 0 Å². The molecule has 1 aromatic carbocycles. The zero-order valence-corrected chi connectivity index (χ0v) is 11.2. The van der Waals surface area contributed by atoms with Gasteiger partial charge in [0, 0.05) is 6.54 Å². The van der Waals surface area contributed by atoms with Gasteiger partial charge in [0.25, 0.3) is 0 Å². The van der Waals surface area contributed by atoms with Gasteiger partial charge in [0.05, 0.1) is 0 Å². The minimum absolute atomic E-state index is 0.750. The van der Waals surface area contributed by atoms with E-state index in [2.05, 4.69) is 17.3 Å². The maximum Gasteiger partial charge on any atom is 0.159 e. The van der Waals surface area contributed by atoms with Gasteiger partial charge in [0.1, 0.15) is 0 Å². The highest BCUT2D eigenvalue weighted by Gasteiger charge is 2.04. The molecule has 0 aromatic heterocycles. The quantitative estimate of drug-likeness (QED) is 0.719. The van der Waals surface area contributed by atoms with Crippen LogP contribution in [-0.2, 0) is 6.42 Å². The van der Waals surface area contributed by atoms with Crippen LogP contribution in [0.2, 0.25) is 0 Å². The van der Waals surface area contributed by atoms with E-state index in [9.17, 15) is 8.78 Å². The maximum atomic E-state index is 13.0. The summed E-state index contributed by atoms with van der Waals surface area (Å²) in [5.74, 6) is -1.54. The molecule has 0 aliphatic carbocycles. The first-order chi connectivity index (χ1) is 8.63. The number of rotatable bonds is 8. The molecule has 2 nitrogen and oxygen atoms in total. The lowest BCUT2D eigenvalue weighted by Crippen LogP contribution is -2.23. The molecule has 0 amide bonds. The van der Waals surface area contributed by atoms with Crippen molar-refractivity contribution >= 4 is 0 Å². The molecule has 0 heterocycles. The Bertz CT molecular complexity index is 356. The summed E-state index contributed by atoms with van der Waals surface area (Å²) in [4.78, 5) is 2.22. The van der Waals surface area contributed by atoms with E-state index in [1.165, 1.54) is 12.1 Å². The fraction of sp³-hybridized carbons (Fsp3) is 0.571. The predicted octanol–water partition coefficient (Wildman–Crippen LogP) is 2.44. The topological polar surface area (TPSA) is 15.3 Å². The smallest absolute Gasteiger partial charge is 0.159 e. The molecule has 0 unspecified atom stereocenters. The zero-order chi connectivity index (χ0) is 13.4. The van der Waals surface area contributed by atoms with Gasteiger partial charge in [-0.05, 0) is 64.1 Å². The van der Waals surface area contributed by atoms with Gasteiger partial charge in [-0.2, -0.15) is 0 Å². The Balaban J connectivity index is 2.24. The van der Waals surface area contributed by atoms with Gasteiger partial charge >= 0.3 is 0 Å². The molecule has 0 aliphatic heterocycles. The third-order valence-corrected chi connectivity index (χ3v) is 2.98. The van der Waals surface area contributed by atoms with Crippen LogP contribution in [0.4, 0.5) is 8.78 Å². The molecule has 0 saturated heterocycles. The molecule has 0 spiro atoms. The molecule has 0 fully saturated rings. The first-order valence-corrected chi connectivity index (χ1v) is 6.40. The average Bonchev–Trinajstić information content (AvgIpc) is 2.36. The van der Waals surface area contributed by atoms with Crippen LogP contribution in [0.15, 0.2) is 18.2 Å². The monoisotopic (exact) mass is 256 g/mol. The largest absolute Gasteiger partial charge is 0.320 e. The lowest BCUT2D eigenvalue weighted by atomic mass is 10.1. The standard InChI is InChI=1S/C14H22F2N2/c1-17-8-3-4-9-18(2)10-7-12-5-6-13(15)14(16)11-12/h5-6,11,17H,3-4,7-10H2,1-2H3. The third kappa shape index (κ3) is 5.56. The number of hydrogen-bond acceptors (Lipinski definition) is 2. The van der Waals surface area contributed by atoms with Crippen LogP contribution < -0.4 is 5.32 Å². The average molecular weight is 256 g/mol. The molecule has 0 bridgehead atoms. The van der Waals surface area contributed by atoms with Crippen molar-refractivity contribution in [2.45, 2.75) is 19.3 Å². The summed E-state index contributed by atoms with van der Waals surface area (Å²) in [6, 6.07) is 4.12. The van der Waals surface area contributed by atoms with E-state index in [-0.39, 0.29) is 0 Å². The molecule has 1 aromatic rings. The highest BCUT2D eigenvalue weighted by molar-refractivity contribution is 5.18. The van der Waals surface area contributed by atoms with Gasteiger partial charge in [-0.15, -0.1) is 0 Å². The lowest BCUT2D eigenvalue weighted by molar-refractivity contribution is 0.329. The van der Waals surface area contributed by atoms with Crippen molar-refractivity contribution in [2.24, 2.45) is 0 Å². The first kappa shape index (κ1) is 15.1. The molecule has 1 N–H and O–H groups in total. The van der Waals surface area contributed by atoms with E-state index >= 15 is 0 Å². The second-order valence-corrected chi connectivity index (χ2v) is 4.61. The minimum Gasteiger partial charge on any atom is -0.320 e. The highest BCUT2D eigenvalue weighted by atomic mass is 19.2. The Kier molecular flexibility index (Phi) is 6.83. The van der Waals surface area contributed by atoms with Crippen LogP contribution in [0, 0.1) is 11.6 Å². The van der Waals surface area contributed by atoms with Crippen LogP contribution in [0.1, 0.15) is 18.4 Å². The van der Waals surface area contributed by atoms with Gasteiger partial charge in [0.15, 0.2) is 11.6 Å². The fourth-order valence-electron chi connectivity index (χ4n) is 1.81. The molecule has 4 heteroatoms. The zero-order valence-electron chi connectivity index (χ0n) is 11.2. The number of nitrogens with zero attached hydrogens (tertiary/aromatic N) is 1. The fourth-order valence-corrected chi connectivity index (χ4v) is 1.81. The van der Waals surface area contributed by atoms with Crippen molar-refractivity contribution in [3.05, 3.63) is 35.4 Å². The van der Waals surface area contributed by atoms with Crippen LogP contribution in [0.5, 0.6) is 0 Å². The number of likely N-dealkylation sites (N-methyl/N-ethyl adjacent to an activating group) is 1. The summed E-state index contributed by atoms with van der Waals surface area (Å²) in [5.41, 5.74) is 0.843. The number of unbranched alkanes of at least 4 members (excludes halogenated alkanes) is 1. The Morgan fingerprint density at radius 1 is 1.11 bits per heavy atom. The van der Waals surface area contributed by atoms with E-state index in [0.717, 1.165) is 44.5 Å². The molecule has 0 aliphatic rings. The second kappa shape index (κ2) is 8.16. The van der Waals surface area contributed by atoms with Gasteiger partial charge in [-0.25, -0.2) is 8.78 Å². The summed E-state index contributed by atoms with van der Waals surface area (Å²) in [7, 11) is 4.01. The SMILES string of the molecule is CNCCCCN(C)CCc1ccc(F)c(F)c1. The number of nitrogens with one attached hydrogen (secondary N) is 1. The molecule has 18 heavy (non-hydrogen) atoms. The van der Waals surface area contributed by atoms with Crippen molar-refractivity contribution in [1.82, 2.24) is 10.2 Å². The van der Waals surface area contributed by atoms with Gasteiger partial charge in [0.2, 0.25) is 0 Å². The molecule has 102 valence electrons. The van der Waals surface area contributed by atoms with Crippen LogP contribution in [0.3, 0.4) is 0 Å². The van der Waals surface area contributed by atoms with Crippen molar-refractivity contribution in [1.29, 1.82) is 0 Å². The van der Waals surface area contributed by atoms with E-state index in [1.54, 1.807) is 6.07 Å². The Morgan fingerprint density at radius 3 is 2.56 bits per heavy atom. The minimum atomic E-state index is -0.779. The summed E-state index contributed by atoms with van der Waals surface area (Å²) in [5, 5.41) is 3.12. The predicted molar refractivity (Wildman–Crippen MR) is 70.7 cm³/mol. The van der Waals surface area contributed by atoms with Crippen molar-refractivity contribution in [3.8, 4) is 0 Å². The van der Waals surface area contributed by atoms with Gasteiger partial charge < -0.3 is 10.2 Å². The van der Waals surface area contributed by atoms with E-state index in [4.69, 9.17) is 0 Å². The van der Waals surface area contributed by atoms with Crippen LogP contribution in [0.25, 0.3) is 0 Å². The molecule has 0 saturated carbocycles. The first-order valence-electron chi connectivity index (χ1n) is 6.40. The van der Waals surface area contributed by atoms with Crippen LogP contribution >= 0.6 is 0 Å². The molecule has 0 radical (unpaired) electrons. The molecular formula is C14H22F2N2.